The fraction of sp³-hybridized carbons (Fsp3) is 0.571. The highest BCUT2D eigenvalue weighted by atomic mass is 14.9. The van der Waals surface area contributed by atoms with Crippen LogP contribution >= 0.6 is 0 Å². The van der Waals surface area contributed by atoms with Crippen molar-refractivity contribution >= 4 is 0 Å². The molecule has 0 radical (unpaired) electrons. The Morgan fingerprint density at radius 2 is 2.00 bits per heavy atom. The largest absolute Gasteiger partial charge is 0.310 e. The zero-order valence-electron chi connectivity index (χ0n) is 10.2. The molecule has 0 spiro atoms. The molecule has 1 N–H and O–H groups in total. The Morgan fingerprint density at radius 3 is 2.67 bits per heavy atom. The molecule has 0 aromatic heterocycles. The Kier molecular flexibility index (Phi) is 2.83. The summed E-state index contributed by atoms with van der Waals surface area (Å²) in [5.74, 6) is 1.39. The second kappa shape index (κ2) is 3.97. The maximum atomic E-state index is 3.61. The number of nitrogens with one attached hydrogen (secondary N) is 1. The van der Waals surface area contributed by atoms with Crippen LogP contribution in [-0.4, -0.2) is 6.54 Å². The van der Waals surface area contributed by atoms with Gasteiger partial charge in [0.2, 0.25) is 0 Å². The summed E-state index contributed by atoms with van der Waals surface area (Å²) in [6.07, 6.45) is 0. The lowest BCUT2D eigenvalue weighted by molar-refractivity contribution is 0.386. The lowest BCUT2D eigenvalue weighted by Crippen LogP contribution is -2.24. The number of hydrogen-bond acceptors (Lipinski definition) is 1. The first kappa shape index (κ1) is 10.7. The summed E-state index contributed by atoms with van der Waals surface area (Å²) >= 11 is 0. The maximum absolute atomic E-state index is 3.61. The van der Waals surface area contributed by atoms with Crippen LogP contribution in [-0.2, 0) is 0 Å². The first-order valence-corrected chi connectivity index (χ1v) is 5.99. The topological polar surface area (TPSA) is 12.0 Å². The van der Waals surface area contributed by atoms with Crippen molar-refractivity contribution in [2.45, 2.75) is 39.7 Å². The van der Waals surface area contributed by atoms with Crippen molar-refractivity contribution in [3.63, 3.8) is 0 Å². The normalized spacial score (nSPS) is 29.2. The van der Waals surface area contributed by atoms with E-state index in [0.29, 0.717) is 17.9 Å². The van der Waals surface area contributed by atoms with Gasteiger partial charge in [0.05, 0.1) is 0 Å². The third-order valence-electron chi connectivity index (χ3n) is 3.89. The molecular formula is C14H21N. The molecule has 0 amide bonds. The molecule has 0 aliphatic heterocycles. The van der Waals surface area contributed by atoms with Gasteiger partial charge in [0.25, 0.3) is 0 Å². The molecule has 82 valence electrons. The molecule has 3 atom stereocenters. The van der Waals surface area contributed by atoms with Crippen LogP contribution in [0.15, 0.2) is 18.2 Å². The Hall–Kier alpha value is -0.820. The van der Waals surface area contributed by atoms with Crippen LogP contribution < -0.4 is 5.32 Å². The summed E-state index contributed by atoms with van der Waals surface area (Å²) in [7, 11) is 0. The van der Waals surface area contributed by atoms with Crippen LogP contribution in [0.25, 0.3) is 0 Å². The van der Waals surface area contributed by atoms with Gasteiger partial charge in [-0.3, -0.25) is 0 Å². The number of rotatable bonds is 2. The monoisotopic (exact) mass is 203 g/mol. The van der Waals surface area contributed by atoms with Gasteiger partial charge in [-0.15, -0.1) is 0 Å². The van der Waals surface area contributed by atoms with E-state index in [1.54, 1.807) is 5.56 Å². The lowest BCUT2D eigenvalue weighted by atomic mass is 9.93. The van der Waals surface area contributed by atoms with Gasteiger partial charge in [0, 0.05) is 6.04 Å². The van der Waals surface area contributed by atoms with Gasteiger partial charge in [-0.1, -0.05) is 39.0 Å². The zero-order valence-corrected chi connectivity index (χ0v) is 10.2. The summed E-state index contributed by atoms with van der Waals surface area (Å²) in [5, 5.41) is 3.61. The Labute approximate surface area is 92.9 Å². The van der Waals surface area contributed by atoms with Crippen molar-refractivity contribution in [2.75, 3.05) is 6.54 Å². The summed E-state index contributed by atoms with van der Waals surface area (Å²) in [4.78, 5) is 0. The highest BCUT2D eigenvalue weighted by Crippen LogP contribution is 2.45. The van der Waals surface area contributed by atoms with E-state index in [4.69, 9.17) is 0 Å². The van der Waals surface area contributed by atoms with E-state index >= 15 is 0 Å². The molecular weight excluding hydrogens is 182 g/mol. The molecule has 3 unspecified atom stereocenters. The second-order valence-electron chi connectivity index (χ2n) is 4.76. The first-order chi connectivity index (χ1) is 7.16. The minimum absolute atomic E-state index is 0.555. The third kappa shape index (κ3) is 1.59. The summed E-state index contributed by atoms with van der Waals surface area (Å²) in [6.45, 7) is 10.2. The molecule has 0 fully saturated rings. The molecule has 15 heavy (non-hydrogen) atoms. The molecule has 1 aliphatic rings. The predicted molar refractivity (Wildman–Crippen MR) is 65.2 cm³/mol. The van der Waals surface area contributed by atoms with Gasteiger partial charge < -0.3 is 5.32 Å². The highest BCUT2D eigenvalue weighted by Gasteiger charge is 2.35. The number of fused-ring (bicyclic) bond motifs is 1. The maximum Gasteiger partial charge on any atom is 0.0354 e. The second-order valence-corrected chi connectivity index (χ2v) is 4.76. The molecule has 2 rings (SSSR count). The van der Waals surface area contributed by atoms with Gasteiger partial charge in [-0.2, -0.15) is 0 Å². The van der Waals surface area contributed by atoms with Crippen LogP contribution in [0.4, 0.5) is 0 Å². The zero-order chi connectivity index (χ0) is 11.0. The smallest absolute Gasteiger partial charge is 0.0354 e. The number of benzene rings is 1. The average molecular weight is 203 g/mol. The fourth-order valence-corrected chi connectivity index (χ4v) is 2.95. The Balaban J connectivity index is 2.46. The van der Waals surface area contributed by atoms with Crippen molar-refractivity contribution in [3.8, 4) is 0 Å². The highest BCUT2D eigenvalue weighted by molar-refractivity contribution is 5.44. The van der Waals surface area contributed by atoms with Crippen molar-refractivity contribution in [2.24, 2.45) is 5.92 Å². The van der Waals surface area contributed by atoms with Crippen LogP contribution in [0.1, 0.15) is 49.4 Å². The molecule has 0 heterocycles. The van der Waals surface area contributed by atoms with Gasteiger partial charge >= 0.3 is 0 Å². The standard InChI is InChI=1S/C14H21N/c1-5-15-14-11(4)10(3)13-9(2)7-6-8-12(13)14/h6-8,10-11,14-15H,5H2,1-4H3. The number of hydrogen-bond donors (Lipinski definition) is 1. The molecule has 1 nitrogen and oxygen atoms in total. The van der Waals surface area contributed by atoms with E-state index in [9.17, 15) is 0 Å². The molecule has 0 saturated heterocycles. The molecule has 1 heteroatoms. The fourth-order valence-electron chi connectivity index (χ4n) is 2.95. The minimum atomic E-state index is 0.555. The third-order valence-corrected chi connectivity index (χ3v) is 3.89. The molecule has 1 aromatic carbocycles. The SMILES string of the molecule is CCNC1c2cccc(C)c2C(C)C1C. The average Bonchev–Trinajstić information content (AvgIpc) is 2.45. The van der Waals surface area contributed by atoms with Crippen LogP contribution in [0.3, 0.4) is 0 Å². The molecule has 0 saturated carbocycles. The van der Waals surface area contributed by atoms with E-state index in [2.05, 4.69) is 51.2 Å². The van der Waals surface area contributed by atoms with Gasteiger partial charge in [0.15, 0.2) is 0 Å². The van der Waals surface area contributed by atoms with Gasteiger partial charge in [0.1, 0.15) is 0 Å². The minimum Gasteiger partial charge on any atom is -0.310 e. The van der Waals surface area contributed by atoms with E-state index in [-0.39, 0.29) is 0 Å². The van der Waals surface area contributed by atoms with E-state index in [0.717, 1.165) is 6.54 Å². The van der Waals surface area contributed by atoms with Crippen LogP contribution in [0.5, 0.6) is 0 Å². The molecule has 1 aromatic rings. The summed E-state index contributed by atoms with van der Waals surface area (Å²) < 4.78 is 0. The molecule has 0 bridgehead atoms. The lowest BCUT2D eigenvalue weighted by Gasteiger charge is -2.19. The molecule has 1 aliphatic carbocycles. The van der Waals surface area contributed by atoms with E-state index in [1.165, 1.54) is 11.1 Å². The van der Waals surface area contributed by atoms with Crippen molar-refractivity contribution in [1.82, 2.24) is 5.32 Å². The van der Waals surface area contributed by atoms with Crippen molar-refractivity contribution in [3.05, 3.63) is 34.9 Å². The van der Waals surface area contributed by atoms with E-state index < -0.39 is 0 Å². The van der Waals surface area contributed by atoms with Crippen LogP contribution in [0, 0.1) is 12.8 Å². The quantitative estimate of drug-likeness (QED) is 0.777. The van der Waals surface area contributed by atoms with Crippen LogP contribution in [0.2, 0.25) is 0 Å². The van der Waals surface area contributed by atoms with E-state index in [1.807, 2.05) is 0 Å². The Morgan fingerprint density at radius 1 is 1.27 bits per heavy atom. The van der Waals surface area contributed by atoms with Crippen molar-refractivity contribution in [1.29, 1.82) is 0 Å². The first-order valence-electron chi connectivity index (χ1n) is 5.99. The number of aryl methyl sites for hydroxylation is 1. The Bertz CT molecular complexity index is 356. The predicted octanol–water partition coefficient (Wildman–Crippen LogP) is 3.40. The summed E-state index contributed by atoms with van der Waals surface area (Å²) in [5.41, 5.74) is 4.56. The summed E-state index contributed by atoms with van der Waals surface area (Å²) in [6, 6.07) is 7.26. The van der Waals surface area contributed by atoms with Crippen molar-refractivity contribution < 1.29 is 0 Å². The van der Waals surface area contributed by atoms with Gasteiger partial charge in [-0.25, -0.2) is 0 Å². The van der Waals surface area contributed by atoms with Gasteiger partial charge in [-0.05, 0) is 42.0 Å².